The maximum atomic E-state index is 13.7. The molecule has 6 heteroatoms. The van der Waals surface area contributed by atoms with E-state index in [9.17, 15) is 12.8 Å². The van der Waals surface area contributed by atoms with E-state index in [1.165, 1.54) is 12.1 Å². The van der Waals surface area contributed by atoms with Gasteiger partial charge in [0, 0.05) is 24.5 Å². The van der Waals surface area contributed by atoms with Crippen molar-refractivity contribution >= 4 is 9.84 Å². The second-order valence-electron chi connectivity index (χ2n) is 6.89. The van der Waals surface area contributed by atoms with E-state index >= 15 is 0 Å². The summed E-state index contributed by atoms with van der Waals surface area (Å²) >= 11 is 0. The zero-order valence-electron chi connectivity index (χ0n) is 15.0. The van der Waals surface area contributed by atoms with Gasteiger partial charge < -0.3 is 10.5 Å². The molecular formula is C20H24FNO3S. The van der Waals surface area contributed by atoms with Crippen LogP contribution in [0, 0.1) is 18.2 Å². The normalized spacial score (nSPS) is 25.2. The number of benzene rings is 2. The smallest absolute Gasteiger partial charge is 0.182 e. The molecule has 2 aromatic carbocycles. The van der Waals surface area contributed by atoms with Crippen molar-refractivity contribution in [2.45, 2.75) is 29.9 Å². The summed E-state index contributed by atoms with van der Waals surface area (Å²) in [5.74, 6) is -0.774. The summed E-state index contributed by atoms with van der Waals surface area (Å²) in [5.41, 5.74) is 6.92. The van der Waals surface area contributed by atoms with Crippen LogP contribution >= 0.6 is 0 Å². The van der Waals surface area contributed by atoms with Gasteiger partial charge in [0.05, 0.1) is 16.8 Å². The van der Waals surface area contributed by atoms with E-state index in [2.05, 4.69) is 0 Å². The number of ether oxygens (including phenoxy) is 1. The van der Waals surface area contributed by atoms with Crippen molar-refractivity contribution < 1.29 is 17.5 Å². The van der Waals surface area contributed by atoms with Crippen molar-refractivity contribution in [3.8, 4) is 0 Å². The lowest BCUT2D eigenvalue weighted by Crippen LogP contribution is -2.29. The van der Waals surface area contributed by atoms with Crippen LogP contribution < -0.4 is 5.73 Å². The van der Waals surface area contributed by atoms with Crippen LogP contribution in [0.15, 0.2) is 53.4 Å². The van der Waals surface area contributed by atoms with Gasteiger partial charge in [0.25, 0.3) is 0 Å². The number of sulfone groups is 1. The Kier molecular flexibility index (Phi) is 5.19. The molecule has 0 bridgehead atoms. The molecule has 3 atom stereocenters. The van der Waals surface area contributed by atoms with Crippen molar-refractivity contribution in [1.82, 2.24) is 0 Å². The van der Waals surface area contributed by atoms with Gasteiger partial charge >= 0.3 is 0 Å². The first kappa shape index (κ1) is 19.0. The van der Waals surface area contributed by atoms with Gasteiger partial charge in [-0.1, -0.05) is 29.8 Å². The molecule has 0 heterocycles. The molecule has 0 aliphatic heterocycles. The van der Waals surface area contributed by atoms with Crippen molar-refractivity contribution in [3.63, 3.8) is 0 Å². The summed E-state index contributed by atoms with van der Waals surface area (Å²) in [4.78, 5) is 0.265. The number of aryl methyl sites for hydroxylation is 1. The van der Waals surface area contributed by atoms with Crippen LogP contribution in [0.4, 0.5) is 4.39 Å². The van der Waals surface area contributed by atoms with E-state index in [1.54, 1.807) is 36.4 Å². The van der Waals surface area contributed by atoms with Crippen LogP contribution in [0.1, 0.15) is 24.0 Å². The Balaban J connectivity index is 2.05. The molecule has 2 N–H and O–H groups in total. The minimum atomic E-state index is -3.63. The van der Waals surface area contributed by atoms with Gasteiger partial charge in [0.1, 0.15) is 5.82 Å². The third-order valence-electron chi connectivity index (χ3n) is 5.23. The van der Waals surface area contributed by atoms with E-state index in [-0.39, 0.29) is 29.8 Å². The van der Waals surface area contributed by atoms with E-state index in [0.717, 1.165) is 5.56 Å². The van der Waals surface area contributed by atoms with Crippen LogP contribution in [0.5, 0.6) is 0 Å². The molecule has 1 saturated carbocycles. The Hall–Kier alpha value is -1.76. The average Bonchev–Trinajstić information content (AvgIpc) is 3.31. The van der Waals surface area contributed by atoms with Crippen molar-refractivity contribution in [2.24, 2.45) is 11.1 Å². The quantitative estimate of drug-likeness (QED) is 0.805. The predicted octanol–water partition coefficient (Wildman–Crippen LogP) is 3.06. The molecule has 1 aliphatic rings. The second kappa shape index (κ2) is 7.10. The molecule has 26 heavy (non-hydrogen) atoms. The summed E-state index contributed by atoms with van der Waals surface area (Å²) in [6.45, 7) is 4.62. The Bertz CT molecular complexity index is 882. The minimum Gasteiger partial charge on any atom is -0.381 e. The maximum absolute atomic E-state index is 13.7. The zero-order valence-corrected chi connectivity index (χ0v) is 15.8. The monoisotopic (exact) mass is 377 g/mol. The summed E-state index contributed by atoms with van der Waals surface area (Å²) in [7, 11) is -3.63. The Morgan fingerprint density at radius 2 is 1.88 bits per heavy atom. The first-order chi connectivity index (χ1) is 12.4. The van der Waals surface area contributed by atoms with Crippen LogP contribution in [0.3, 0.4) is 0 Å². The molecule has 2 aromatic rings. The van der Waals surface area contributed by atoms with E-state index in [0.29, 0.717) is 12.2 Å². The fourth-order valence-electron chi connectivity index (χ4n) is 3.79. The highest BCUT2D eigenvalue weighted by Crippen LogP contribution is 2.63. The first-order valence-corrected chi connectivity index (χ1v) is 10.3. The standard InChI is InChI=1S/C20H24FNO3S/c1-3-25-13-20(12-22)18(15-5-4-6-16(21)11-15)19(20)26(23,24)17-9-7-14(2)8-10-17/h4-11,18-19H,3,12-13,22H2,1-2H3/t18-,19+,20-/m1/s1. The van der Waals surface area contributed by atoms with Crippen LogP contribution in [0.2, 0.25) is 0 Å². The van der Waals surface area contributed by atoms with Crippen molar-refractivity contribution in [2.75, 3.05) is 19.8 Å². The van der Waals surface area contributed by atoms with Crippen molar-refractivity contribution in [3.05, 3.63) is 65.5 Å². The molecular weight excluding hydrogens is 353 g/mol. The highest BCUT2D eigenvalue weighted by atomic mass is 32.2. The molecule has 140 valence electrons. The van der Waals surface area contributed by atoms with Gasteiger partial charge in [-0.15, -0.1) is 0 Å². The third kappa shape index (κ3) is 3.17. The van der Waals surface area contributed by atoms with Gasteiger partial charge in [-0.05, 0) is 43.7 Å². The van der Waals surface area contributed by atoms with E-state index in [1.807, 2.05) is 13.8 Å². The number of rotatable bonds is 7. The molecule has 0 unspecified atom stereocenters. The lowest BCUT2D eigenvalue weighted by Gasteiger charge is -2.16. The third-order valence-corrected chi connectivity index (χ3v) is 7.57. The van der Waals surface area contributed by atoms with Gasteiger partial charge in [-0.2, -0.15) is 0 Å². The highest BCUT2D eigenvalue weighted by molar-refractivity contribution is 7.92. The number of nitrogens with two attached hydrogens (primary N) is 1. The number of hydrogen-bond acceptors (Lipinski definition) is 4. The maximum Gasteiger partial charge on any atom is 0.182 e. The Labute approximate surface area is 154 Å². The lowest BCUT2D eigenvalue weighted by molar-refractivity contribution is 0.101. The average molecular weight is 377 g/mol. The zero-order chi connectivity index (χ0) is 18.9. The lowest BCUT2D eigenvalue weighted by atomic mass is 10.00. The fraction of sp³-hybridized carbons (Fsp3) is 0.400. The Morgan fingerprint density at radius 1 is 1.19 bits per heavy atom. The molecule has 0 radical (unpaired) electrons. The Morgan fingerprint density at radius 3 is 2.46 bits per heavy atom. The molecule has 0 spiro atoms. The van der Waals surface area contributed by atoms with Gasteiger partial charge in [0.2, 0.25) is 0 Å². The number of hydrogen-bond donors (Lipinski definition) is 1. The highest BCUT2D eigenvalue weighted by Gasteiger charge is 2.70. The van der Waals surface area contributed by atoms with Crippen LogP contribution in [0.25, 0.3) is 0 Å². The minimum absolute atomic E-state index is 0.157. The molecule has 1 aliphatic carbocycles. The number of halogens is 1. The van der Waals surface area contributed by atoms with E-state index in [4.69, 9.17) is 10.5 Å². The summed E-state index contributed by atoms with van der Waals surface area (Å²) in [6.07, 6.45) is 0. The molecule has 0 amide bonds. The fourth-order valence-corrected chi connectivity index (χ4v) is 6.23. The van der Waals surface area contributed by atoms with Gasteiger partial charge in [-0.3, -0.25) is 0 Å². The summed E-state index contributed by atoms with van der Waals surface area (Å²) in [6, 6.07) is 12.9. The van der Waals surface area contributed by atoms with Gasteiger partial charge in [0.15, 0.2) is 9.84 Å². The summed E-state index contributed by atoms with van der Waals surface area (Å²) < 4.78 is 45.9. The molecule has 4 nitrogen and oxygen atoms in total. The van der Waals surface area contributed by atoms with Crippen LogP contribution in [-0.2, 0) is 14.6 Å². The second-order valence-corrected chi connectivity index (χ2v) is 8.96. The molecule has 3 rings (SSSR count). The molecule has 0 aromatic heterocycles. The largest absolute Gasteiger partial charge is 0.381 e. The van der Waals surface area contributed by atoms with Crippen molar-refractivity contribution in [1.29, 1.82) is 0 Å². The topological polar surface area (TPSA) is 69.4 Å². The van der Waals surface area contributed by atoms with Crippen LogP contribution in [-0.4, -0.2) is 33.4 Å². The summed E-state index contributed by atoms with van der Waals surface area (Å²) in [5, 5.41) is -0.726. The van der Waals surface area contributed by atoms with Gasteiger partial charge in [-0.25, -0.2) is 12.8 Å². The molecule has 1 fully saturated rings. The first-order valence-electron chi connectivity index (χ1n) is 8.70. The molecule has 0 saturated heterocycles. The SMILES string of the molecule is CCOC[C@]1(CN)[C@H](c2cccc(F)c2)[C@@H]1S(=O)(=O)c1ccc(C)cc1. The van der Waals surface area contributed by atoms with E-state index < -0.39 is 20.5 Å². The predicted molar refractivity (Wildman–Crippen MR) is 99.3 cm³/mol.